The van der Waals surface area contributed by atoms with Crippen LogP contribution in [-0.4, -0.2) is 23.9 Å². The van der Waals surface area contributed by atoms with E-state index in [0.29, 0.717) is 24.7 Å². The van der Waals surface area contributed by atoms with Crippen LogP contribution in [0, 0.1) is 23.2 Å². The third kappa shape index (κ3) is 1.34. The van der Waals surface area contributed by atoms with Gasteiger partial charge in [0, 0.05) is 29.8 Å². The highest BCUT2D eigenvalue weighted by Gasteiger charge is 2.75. The lowest BCUT2D eigenvalue weighted by atomic mass is 9.76. The molecule has 3 nitrogen and oxygen atoms in total. The first-order chi connectivity index (χ1) is 8.42. The maximum atomic E-state index is 13.0. The van der Waals surface area contributed by atoms with Crippen molar-refractivity contribution in [1.29, 1.82) is 0 Å². The van der Waals surface area contributed by atoms with Crippen LogP contribution in [0.2, 0.25) is 0 Å². The lowest BCUT2D eigenvalue weighted by molar-refractivity contribution is -0.127. The number of amides is 1. The highest BCUT2D eigenvalue weighted by Crippen LogP contribution is 2.71. The fourth-order valence-corrected chi connectivity index (χ4v) is 4.25. The molecule has 1 amide bonds. The smallest absolute Gasteiger partial charge is 0.254 e. The maximum absolute atomic E-state index is 13.0. The molecule has 18 heavy (non-hydrogen) atoms. The van der Waals surface area contributed by atoms with Gasteiger partial charge in [0.1, 0.15) is 0 Å². The standard InChI is InChI=1S/C13H18F2N2O/c14-13(15)5-12(13)3-6(4-12)17-11(18)9-2-10(16)8-1-7(8)9/h6-10H,1-5,16H2,(H,17,18)/t6?,7-,8+,9-,10+,12?/m0/s1. The molecule has 4 aliphatic carbocycles. The summed E-state index contributed by atoms with van der Waals surface area (Å²) in [6, 6.07) is 0.145. The zero-order chi connectivity index (χ0) is 12.7. The summed E-state index contributed by atoms with van der Waals surface area (Å²) in [7, 11) is 0. The van der Waals surface area contributed by atoms with Gasteiger partial charge in [0.2, 0.25) is 5.91 Å². The second-order valence-electron chi connectivity index (χ2n) is 6.84. The van der Waals surface area contributed by atoms with Crippen LogP contribution < -0.4 is 11.1 Å². The first-order valence-electron chi connectivity index (χ1n) is 6.86. The maximum Gasteiger partial charge on any atom is 0.254 e. The van der Waals surface area contributed by atoms with Crippen LogP contribution in [0.1, 0.15) is 32.1 Å². The van der Waals surface area contributed by atoms with Gasteiger partial charge in [-0.05, 0) is 37.5 Å². The molecule has 1 spiro atoms. The van der Waals surface area contributed by atoms with Crippen LogP contribution in [0.3, 0.4) is 0 Å². The second-order valence-corrected chi connectivity index (χ2v) is 6.84. The fraction of sp³-hybridized carbons (Fsp3) is 0.923. The molecule has 4 fully saturated rings. The van der Waals surface area contributed by atoms with E-state index in [9.17, 15) is 13.6 Å². The van der Waals surface area contributed by atoms with Gasteiger partial charge in [-0.1, -0.05) is 0 Å². The molecule has 4 saturated carbocycles. The van der Waals surface area contributed by atoms with Gasteiger partial charge >= 0.3 is 0 Å². The minimum Gasteiger partial charge on any atom is -0.353 e. The molecule has 4 atom stereocenters. The second kappa shape index (κ2) is 3.06. The lowest BCUT2D eigenvalue weighted by Gasteiger charge is -2.37. The van der Waals surface area contributed by atoms with Crippen LogP contribution in [0.5, 0.6) is 0 Å². The molecule has 0 heterocycles. The van der Waals surface area contributed by atoms with E-state index in [1.54, 1.807) is 0 Å². The lowest BCUT2D eigenvalue weighted by Crippen LogP contribution is -2.49. The summed E-state index contributed by atoms with van der Waals surface area (Å²) in [5.41, 5.74) is 5.18. The molecule has 0 saturated heterocycles. The van der Waals surface area contributed by atoms with E-state index in [1.165, 1.54) is 0 Å². The molecule has 0 aromatic rings. The monoisotopic (exact) mass is 256 g/mol. The number of hydrogen-bond acceptors (Lipinski definition) is 2. The Morgan fingerprint density at radius 3 is 2.33 bits per heavy atom. The van der Waals surface area contributed by atoms with Gasteiger partial charge in [0.05, 0.1) is 0 Å². The Balaban J connectivity index is 1.31. The summed E-state index contributed by atoms with van der Waals surface area (Å²) >= 11 is 0. The number of alkyl halides is 2. The predicted octanol–water partition coefficient (Wildman–Crippen LogP) is 1.27. The average Bonchev–Trinajstić information content (AvgIpc) is 3.07. The van der Waals surface area contributed by atoms with Crippen LogP contribution in [0.15, 0.2) is 0 Å². The van der Waals surface area contributed by atoms with Gasteiger partial charge in [-0.25, -0.2) is 8.78 Å². The topological polar surface area (TPSA) is 55.1 Å². The predicted molar refractivity (Wildman–Crippen MR) is 60.8 cm³/mol. The first-order valence-corrected chi connectivity index (χ1v) is 6.86. The molecule has 4 aliphatic rings. The average molecular weight is 256 g/mol. The van der Waals surface area contributed by atoms with Crippen LogP contribution in [0.25, 0.3) is 0 Å². The molecule has 100 valence electrons. The van der Waals surface area contributed by atoms with Gasteiger partial charge < -0.3 is 11.1 Å². The quantitative estimate of drug-likeness (QED) is 0.782. The molecule has 5 heteroatoms. The molecule has 0 aromatic carbocycles. The minimum absolute atomic E-state index is 0.0192. The Labute approximate surface area is 104 Å². The van der Waals surface area contributed by atoms with Gasteiger partial charge in [-0.15, -0.1) is 0 Å². The molecule has 0 bridgehead atoms. The molecule has 0 aromatic heterocycles. The van der Waals surface area contributed by atoms with E-state index in [1.807, 2.05) is 0 Å². The van der Waals surface area contributed by atoms with Crippen LogP contribution in [-0.2, 0) is 4.79 Å². The fourth-order valence-electron chi connectivity index (χ4n) is 4.25. The summed E-state index contributed by atoms with van der Waals surface area (Å²) in [5, 5.41) is 2.94. The Hall–Kier alpha value is -0.710. The van der Waals surface area contributed by atoms with E-state index in [-0.39, 0.29) is 30.3 Å². The number of fused-ring (bicyclic) bond motifs is 1. The van der Waals surface area contributed by atoms with Crippen molar-refractivity contribution in [2.75, 3.05) is 0 Å². The van der Waals surface area contributed by atoms with Gasteiger partial charge in [0.25, 0.3) is 5.92 Å². The van der Waals surface area contributed by atoms with Crippen LogP contribution >= 0.6 is 0 Å². The van der Waals surface area contributed by atoms with Gasteiger partial charge in [-0.3, -0.25) is 4.79 Å². The van der Waals surface area contributed by atoms with Crippen LogP contribution in [0.4, 0.5) is 8.78 Å². The third-order valence-corrected chi connectivity index (χ3v) is 5.65. The Kier molecular flexibility index (Phi) is 1.89. The number of hydrogen-bond donors (Lipinski definition) is 2. The normalized spacial score (nSPS) is 54.7. The number of rotatable bonds is 2. The summed E-state index contributed by atoms with van der Waals surface area (Å²) in [6.07, 6.45) is 2.78. The third-order valence-electron chi connectivity index (χ3n) is 5.65. The highest BCUT2D eigenvalue weighted by atomic mass is 19.3. The van der Waals surface area contributed by atoms with Crippen molar-refractivity contribution in [2.24, 2.45) is 28.9 Å². The summed E-state index contributed by atoms with van der Waals surface area (Å²) in [5.74, 6) is -1.36. The largest absolute Gasteiger partial charge is 0.353 e. The molecule has 3 N–H and O–H groups in total. The molecular weight excluding hydrogens is 238 g/mol. The number of halogens is 2. The zero-order valence-electron chi connectivity index (χ0n) is 10.2. The SMILES string of the molecule is N[C@@H]1C[C@H](C(=O)NC2CC3(C2)CC3(F)F)[C@H]2C[C@H]21. The first kappa shape index (κ1) is 11.1. The van der Waals surface area contributed by atoms with Crippen molar-refractivity contribution < 1.29 is 13.6 Å². The summed E-state index contributed by atoms with van der Waals surface area (Å²) < 4.78 is 26.1. The Morgan fingerprint density at radius 2 is 1.89 bits per heavy atom. The van der Waals surface area contributed by atoms with E-state index in [2.05, 4.69) is 5.32 Å². The van der Waals surface area contributed by atoms with Crippen molar-refractivity contribution in [2.45, 2.75) is 50.1 Å². The number of carbonyl (C=O) groups excluding carboxylic acids is 1. The van der Waals surface area contributed by atoms with Crippen molar-refractivity contribution in [3.63, 3.8) is 0 Å². The summed E-state index contributed by atoms with van der Waals surface area (Å²) in [6.45, 7) is 0. The number of carbonyl (C=O) groups is 1. The van der Waals surface area contributed by atoms with Crippen molar-refractivity contribution >= 4 is 5.91 Å². The molecular formula is C13H18F2N2O. The number of nitrogens with two attached hydrogens (primary N) is 1. The van der Waals surface area contributed by atoms with E-state index < -0.39 is 11.3 Å². The van der Waals surface area contributed by atoms with Gasteiger partial charge in [-0.2, -0.15) is 0 Å². The molecule has 0 unspecified atom stereocenters. The Bertz CT molecular complexity index is 419. The van der Waals surface area contributed by atoms with E-state index in [4.69, 9.17) is 5.73 Å². The van der Waals surface area contributed by atoms with Crippen molar-refractivity contribution in [3.8, 4) is 0 Å². The Morgan fingerprint density at radius 1 is 1.22 bits per heavy atom. The number of nitrogens with one attached hydrogen (secondary N) is 1. The van der Waals surface area contributed by atoms with E-state index >= 15 is 0 Å². The van der Waals surface area contributed by atoms with Gasteiger partial charge in [0.15, 0.2) is 0 Å². The molecule has 4 rings (SSSR count). The zero-order valence-corrected chi connectivity index (χ0v) is 10.2. The highest BCUT2D eigenvalue weighted by molar-refractivity contribution is 5.80. The summed E-state index contributed by atoms with van der Waals surface area (Å²) in [4.78, 5) is 12.1. The van der Waals surface area contributed by atoms with E-state index in [0.717, 1.165) is 12.8 Å². The molecule has 0 aliphatic heterocycles. The molecule has 0 radical (unpaired) electrons. The van der Waals surface area contributed by atoms with Crippen molar-refractivity contribution in [3.05, 3.63) is 0 Å². The minimum atomic E-state index is -2.47. The van der Waals surface area contributed by atoms with Crippen molar-refractivity contribution in [1.82, 2.24) is 5.32 Å².